The van der Waals surface area contributed by atoms with Gasteiger partial charge in [0.2, 0.25) is 0 Å². The topological polar surface area (TPSA) is 84.5 Å². The lowest BCUT2D eigenvalue weighted by atomic mass is 9.91. The lowest BCUT2D eigenvalue weighted by Crippen LogP contribution is -2.44. The van der Waals surface area contributed by atoms with Crippen LogP contribution in [-0.2, 0) is 14.3 Å². The van der Waals surface area contributed by atoms with E-state index in [1.807, 2.05) is 74.5 Å². The monoisotopic (exact) mass is 368 g/mol. The van der Waals surface area contributed by atoms with Gasteiger partial charge in [0.05, 0.1) is 0 Å². The van der Waals surface area contributed by atoms with Gasteiger partial charge in [0.1, 0.15) is 5.92 Å². The van der Waals surface area contributed by atoms with E-state index in [4.69, 9.17) is 4.74 Å². The number of carbonyl (C=O) groups is 3. The van der Waals surface area contributed by atoms with Gasteiger partial charge >= 0.3 is 12.0 Å². The zero-order chi connectivity index (χ0) is 19.6. The van der Waals surface area contributed by atoms with Gasteiger partial charge in [0.25, 0.3) is 5.91 Å². The van der Waals surface area contributed by atoms with Crippen LogP contribution in [0, 0.1) is 0 Å². The summed E-state index contributed by atoms with van der Waals surface area (Å²) in [7, 11) is 0. The Morgan fingerprint density at radius 3 is 1.93 bits per heavy atom. The van der Waals surface area contributed by atoms with Crippen molar-refractivity contribution in [1.29, 1.82) is 0 Å². The summed E-state index contributed by atoms with van der Waals surface area (Å²) >= 11 is 0. The molecule has 142 valence electrons. The second-order valence-corrected chi connectivity index (χ2v) is 6.19. The summed E-state index contributed by atoms with van der Waals surface area (Å²) in [6, 6.07) is 17.7. The molecular formula is C21H24N2O4. The summed E-state index contributed by atoms with van der Waals surface area (Å²) in [6.07, 6.45) is 0.742. The minimum atomic E-state index is -0.677. The second kappa shape index (κ2) is 10.1. The van der Waals surface area contributed by atoms with Crippen LogP contribution in [0.3, 0.4) is 0 Å². The highest BCUT2D eigenvalue weighted by Gasteiger charge is 2.25. The number of carbonyl (C=O) groups excluding carboxylic acids is 3. The Balaban J connectivity index is 2.00. The maximum Gasteiger partial charge on any atom is 0.321 e. The van der Waals surface area contributed by atoms with Crippen LogP contribution in [0.2, 0.25) is 0 Å². The van der Waals surface area contributed by atoms with Crippen LogP contribution in [0.15, 0.2) is 60.7 Å². The van der Waals surface area contributed by atoms with Crippen molar-refractivity contribution < 1.29 is 19.1 Å². The first kappa shape index (κ1) is 20.2. The number of amides is 3. The molecule has 0 aliphatic rings. The first-order valence-corrected chi connectivity index (χ1v) is 8.88. The molecule has 0 saturated heterocycles. The van der Waals surface area contributed by atoms with Gasteiger partial charge in [-0.25, -0.2) is 4.79 Å². The van der Waals surface area contributed by atoms with E-state index in [1.165, 1.54) is 0 Å². The summed E-state index contributed by atoms with van der Waals surface area (Å²) < 4.78 is 5.18. The van der Waals surface area contributed by atoms with Gasteiger partial charge in [0, 0.05) is 6.04 Å². The number of nitrogens with one attached hydrogen (secondary N) is 2. The first-order valence-electron chi connectivity index (χ1n) is 8.88. The molecule has 2 N–H and O–H groups in total. The Hall–Kier alpha value is -3.15. The average Bonchev–Trinajstić information content (AvgIpc) is 2.68. The Kier molecular flexibility index (Phi) is 7.55. The van der Waals surface area contributed by atoms with Crippen LogP contribution >= 0.6 is 0 Å². The highest BCUT2D eigenvalue weighted by atomic mass is 16.5. The van der Waals surface area contributed by atoms with E-state index >= 15 is 0 Å². The van der Waals surface area contributed by atoms with E-state index < -0.39 is 30.4 Å². The summed E-state index contributed by atoms with van der Waals surface area (Å²) in [5.74, 6) is -1.87. The first-order chi connectivity index (χ1) is 13.0. The van der Waals surface area contributed by atoms with Gasteiger partial charge < -0.3 is 10.1 Å². The van der Waals surface area contributed by atoms with Crippen LogP contribution in [0.5, 0.6) is 0 Å². The van der Waals surface area contributed by atoms with E-state index in [9.17, 15) is 14.4 Å². The Bertz CT molecular complexity index is 723. The third kappa shape index (κ3) is 6.26. The Morgan fingerprint density at radius 2 is 1.44 bits per heavy atom. The quantitative estimate of drug-likeness (QED) is 0.736. The normalized spacial score (nSPS) is 11.5. The van der Waals surface area contributed by atoms with Gasteiger partial charge in [-0.05, 0) is 24.5 Å². The fourth-order valence-electron chi connectivity index (χ4n) is 2.50. The number of hydrogen-bond acceptors (Lipinski definition) is 4. The SMILES string of the molecule is CC[C@@H](C)NC(=O)NC(=O)COC(=O)C(c1ccccc1)c1ccccc1. The number of urea groups is 1. The highest BCUT2D eigenvalue weighted by Crippen LogP contribution is 2.25. The fourth-order valence-corrected chi connectivity index (χ4v) is 2.50. The van der Waals surface area contributed by atoms with Gasteiger partial charge in [-0.1, -0.05) is 67.6 Å². The van der Waals surface area contributed by atoms with Crippen molar-refractivity contribution in [3.63, 3.8) is 0 Å². The van der Waals surface area contributed by atoms with Crippen LogP contribution in [0.4, 0.5) is 4.79 Å². The molecule has 0 radical (unpaired) electrons. The minimum Gasteiger partial charge on any atom is -0.455 e. The lowest BCUT2D eigenvalue weighted by Gasteiger charge is -2.17. The fraction of sp³-hybridized carbons (Fsp3) is 0.286. The van der Waals surface area contributed by atoms with E-state index in [1.54, 1.807) is 0 Å². The zero-order valence-corrected chi connectivity index (χ0v) is 15.5. The van der Waals surface area contributed by atoms with Crippen LogP contribution < -0.4 is 10.6 Å². The smallest absolute Gasteiger partial charge is 0.321 e. The van der Waals surface area contributed by atoms with Gasteiger partial charge in [-0.3, -0.25) is 14.9 Å². The number of benzene rings is 2. The molecule has 0 aliphatic heterocycles. The molecule has 6 nitrogen and oxygen atoms in total. The molecule has 27 heavy (non-hydrogen) atoms. The number of esters is 1. The maximum atomic E-state index is 12.7. The molecule has 1 atom stereocenters. The van der Waals surface area contributed by atoms with Crippen molar-refractivity contribution >= 4 is 17.9 Å². The highest BCUT2D eigenvalue weighted by molar-refractivity contribution is 5.96. The molecule has 0 bridgehead atoms. The lowest BCUT2D eigenvalue weighted by molar-refractivity contribution is -0.148. The van der Waals surface area contributed by atoms with Crippen molar-refractivity contribution in [2.45, 2.75) is 32.2 Å². The molecule has 2 aromatic rings. The van der Waals surface area contributed by atoms with E-state index in [0.717, 1.165) is 17.5 Å². The summed E-state index contributed by atoms with van der Waals surface area (Å²) in [5, 5.41) is 4.76. The third-order valence-corrected chi connectivity index (χ3v) is 4.09. The average molecular weight is 368 g/mol. The van der Waals surface area contributed by atoms with Crippen molar-refractivity contribution in [1.82, 2.24) is 10.6 Å². The van der Waals surface area contributed by atoms with Gasteiger partial charge in [-0.2, -0.15) is 0 Å². The molecule has 3 amide bonds. The molecule has 0 saturated carbocycles. The third-order valence-electron chi connectivity index (χ3n) is 4.09. The molecular weight excluding hydrogens is 344 g/mol. The van der Waals surface area contributed by atoms with Crippen molar-refractivity contribution in [3.8, 4) is 0 Å². The number of rotatable bonds is 7. The van der Waals surface area contributed by atoms with Crippen molar-refractivity contribution in [2.24, 2.45) is 0 Å². The van der Waals surface area contributed by atoms with E-state index in [-0.39, 0.29) is 6.04 Å². The Morgan fingerprint density at radius 1 is 0.926 bits per heavy atom. The summed E-state index contributed by atoms with van der Waals surface area (Å²) in [4.78, 5) is 36.2. The zero-order valence-electron chi connectivity index (χ0n) is 15.5. The molecule has 2 aromatic carbocycles. The summed E-state index contributed by atoms with van der Waals surface area (Å²) in [6.45, 7) is 3.22. The maximum absolute atomic E-state index is 12.7. The molecule has 0 unspecified atom stereocenters. The molecule has 6 heteroatoms. The second-order valence-electron chi connectivity index (χ2n) is 6.19. The van der Waals surface area contributed by atoms with Gasteiger partial charge in [0.15, 0.2) is 6.61 Å². The minimum absolute atomic E-state index is 0.0547. The van der Waals surface area contributed by atoms with Crippen molar-refractivity contribution in [2.75, 3.05) is 6.61 Å². The molecule has 0 aromatic heterocycles. The van der Waals surface area contributed by atoms with Gasteiger partial charge in [-0.15, -0.1) is 0 Å². The van der Waals surface area contributed by atoms with Crippen LogP contribution in [0.1, 0.15) is 37.3 Å². The largest absolute Gasteiger partial charge is 0.455 e. The van der Waals surface area contributed by atoms with Crippen LogP contribution in [0.25, 0.3) is 0 Å². The molecule has 0 fully saturated rings. The standard InChI is InChI=1S/C21H24N2O4/c1-3-15(2)22-21(26)23-18(24)14-27-20(25)19(16-10-6-4-7-11-16)17-12-8-5-9-13-17/h4-13,15,19H,3,14H2,1-2H3,(H2,22,23,24,26)/t15-/m1/s1. The number of hydrogen-bond donors (Lipinski definition) is 2. The van der Waals surface area contributed by atoms with Crippen LogP contribution in [-0.4, -0.2) is 30.6 Å². The predicted molar refractivity (Wildman–Crippen MR) is 102 cm³/mol. The van der Waals surface area contributed by atoms with E-state index in [2.05, 4.69) is 10.6 Å². The van der Waals surface area contributed by atoms with E-state index in [0.29, 0.717) is 0 Å². The molecule has 2 rings (SSSR count). The molecule has 0 spiro atoms. The van der Waals surface area contributed by atoms with Crippen molar-refractivity contribution in [3.05, 3.63) is 71.8 Å². The Labute approximate surface area is 158 Å². The molecule has 0 heterocycles. The summed E-state index contributed by atoms with van der Waals surface area (Å²) in [5.41, 5.74) is 1.53. The number of ether oxygens (including phenoxy) is 1. The molecule has 0 aliphatic carbocycles. The number of imide groups is 1. The predicted octanol–water partition coefficient (Wildman–Crippen LogP) is 2.99.